The third-order valence-corrected chi connectivity index (χ3v) is 17.0. The molecule has 16 heteroatoms. The molecule has 1 saturated carbocycles. The van der Waals surface area contributed by atoms with Gasteiger partial charge in [-0.3, -0.25) is 23.9 Å². The molecule has 0 spiro atoms. The number of benzene rings is 3. The molecule has 9 rings (SSSR count). The molecule has 3 fully saturated rings. The van der Waals surface area contributed by atoms with Gasteiger partial charge in [-0.2, -0.15) is 0 Å². The van der Waals surface area contributed by atoms with Crippen LogP contribution < -0.4 is 21.3 Å². The average molecular weight is 1030 g/mol. The highest BCUT2D eigenvalue weighted by molar-refractivity contribution is 7.10. The minimum Gasteiger partial charge on any atom is -0.496 e. The summed E-state index contributed by atoms with van der Waals surface area (Å²) in [5.74, 6) is 4.09. The first-order valence-corrected chi connectivity index (χ1v) is 27.2. The molecule has 0 unspecified atom stereocenters. The number of halogens is 2. The van der Waals surface area contributed by atoms with E-state index in [1.54, 1.807) is 36.6 Å². The van der Waals surface area contributed by atoms with Crippen LogP contribution in [-0.4, -0.2) is 93.4 Å². The molecule has 72 heavy (non-hydrogen) atoms. The van der Waals surface area contributed by atoms with Gasteiger partial charge < -0.3 is 24.8 Å². The van der Waals surface area contributed by atoms with Crippen molar-refractivity contribution >= 4 is 63.1 Å². The van der Waals surface area contributed by atoms with Crippen LogP contribution in [0.25, 0.3) is 27.7 Å². The molecular formula is C56H66Cl2N8O5S. The molecule has 6 aromatic rings. The van der Waals surface area contributed by atoms with Gasteiger partial charge in [-0.1, -0.05) is 54.6 Å². The topological polar surface area (TPSA) is 146 Å². The van der Waals surface area contributed by atoms with Crippen LogP contribution in [0, 0.1) is 24.7 Å². The highest BCUT2D eigenvalue weighted by Gasteiger charge is 2.34. The van der Waals surface area contributed by atoms with Crippen LogP contribution in [0.1, 0.15) is 122 Å². The highest BCUT2D eigenvalue weighted by Crippen LogP contribution is 2.44. The van der Waals surface area contributed by atoms with Crippen LogP contribution in [0.3, 0.4) is 0 Å². The minimum absolute atomic E-state index is 0.0142. The molecule has 1 atom stereocenters. The largest absolute Gasteiger partial charge is 0.496 e. The number of aromatic nitrogens is 4. The van der Waals surface area contributed by atoms with Gasteiger partial charge in [0.15, 0.2) is 0 Å². The number of amides is 2. The Morgan fingerprint density at radius 1 is 0.875 bits per heavy atom. The lowest BCUT2D eigenvalue weighted by atomic mass is 9.77. The second-order valence-corrected chi connectivity index (χ2v) is 22.2. The molecule has 2 amide bonds. The molecule has 0 bridgehead atoms. The molecule has 3 aliphatic rings. The fraction of sp³-hybridized carbons (Fsp3) is 0.464. The molecule has 5 heterocycles. The quantitative estimate of drug-likeness (QED) is 0.103. The molecule has 13 nitrogen and oxygen atoms in total. The molecule has 2 saturated heterocycles. The molecule has 380 valence electrons. The lowest BCUT2D eigenvalue weighted by molar-refractivity contribution is -0.138. The number of hydrogen-bond donors (Lipinski definition) is 2. The summed E-state index contributed by atoms with van der Waals surface area (Å²) in [5, 5.41) is 7.97. The summed E-state index contributed by atoms with van der Waals surface area (Å²) in [6, 6.07) is 18.8. The number of hydrogen-bond acceptors (Lipinski definition) is 10. The highest BCUT2D eigenvalue weighted by atomic mass is 35.5. The number of methoxy groups -OCH3 is 1. The number of fused-ring (bicyclic) bond motifs is 1. The van der Waals surface area contributed by atoms with Crippen LogP contribution in [0.4, 0.5) is 5.82 Å². The molecule has 3 aromatic heterocycles. The van der Waals surface area contributed by atoms with Crippen LogP contribution >= 0.6 is 34.5 Å². The van der Waals surface area contributed by atoms with E-state index in [9.17, 15) is 19.2 Å². The van der Waals surface area contributed by atoms with E-state index in [-0.39, 0.29) is 23.8 Å². The fourth-order valence-electron chi connectivity index (χ4n) is 11.3. The molecule has 1 aliphatic carbocycles. The van der Waals surface area contributed by atoms with Crippen molar-refractivity contribution in [3.63, 3.8) is 0 Å². The Labute approximate surface area is 435 Å². The Balaban J connectivity index is 0.740. The van der Waals surface area contributed by atoms with E-state index >= 15 is 0 Å². The van der Waals surface area contributed by atoms with Crippen LogP contribution in [0.15, 0.2) is 81.8 Å². The SMILES string of the molecule is COc1cc2nc(C)nc(N[C@H](C)c3cc(-c4c(Cl)cccc4CN(C)C)cs3)c2cc1C1CCC(C(=O)N2CCC(CCCC3CCN(C(=O)c4ccc(Cl)c(-n5ccc(=O)[nH]c5=O)c4)CC3)CC2)CC1. The lowest BCUT2D eigenvalue weighted by Gasteiger charge is -2.37. The second-order valence-electron chi connectivity index (χ2n) is 20.5. The summed E-state index contributed by atoms with van der Waals surface area (Å²) in [6.07, 6.45) is 12.5. The number of rotatable bonds is 15. The number of anilines is 1. The second kappa shape index (κ2) is 22.7. The maximum atomic E-state index is 14.0. The predicted molar refractivity (Wildman–Crippen MR) is 289 cm³/mol. The standard InChI is InChI=1S/C56H66Cl2N8O5S/c1-34(50-29-42(33-72-50)52-41(32-63(3)4)10-7-11-46(52)58)59-53-44-30-43(49(71-5)31-47(44)60-35(2)61-53)38-12-14-39(15-13-38)54(68)64-23-18-36(19-24-64)8-6-9-37-20-25-65(26-21-37)55(69)40-16-17-45(57)48(28-40)66-27-22-51(67)62-56(66)70/h7,10-11,16-17,22,27-31,33-34,36-39H,6,8-9,12-15,18-21,23-26,32H2,1-5H3,(H,59,60,61)(H,62,67,70)/t34-,38?,39?/m1/s1. The van der Waals surface area contributed by atoms with Crippen LogP contribution in [0.2, 0.25) is 10.0 Å². The van der Waals surface area contributed by atoms with Crippen LogP contribution in [0.5, 0.6) is 5.75 Å². The molecule has 2 aliphatic heterocycles. The number of carbonyl (C=O) groups is 2. The Bertz CT molecular complexity index is 3040. The van der Waals surface area contributed by atoms with Crippen molar-refractivity contribution in [1.29, 1.82) is 0 Å². The average Bonchev–Trinajstić information content (AvgIpc) is 3.86. The molecule has 0 radical (unpaired) electrons. The van der Waals surface area contributed by atoms with Gasteiger partial charge in [0.2, 0.25) is 5.91 Å². The first-order valence-electron chi connectivity index (χ1n) is 25.6. The Hall–Kier alpha value is -5.54. The van der Waals surface area contributed by atoms with Gasteiger partial charge in [-0.05, 0) is 156 Å². The molecule has 3 aromatic carbocycles. The Kier molecular flexibility index (Phi) is 16.2. The van der Waals surface area contributed by atoms with Crippen molar-refractivity contribution in [3.05, 3.63) is 131 Å². The monoisotopic (exact) mass is 1030 g/mol. The number of likely N-dealkylation sites (tertiary alicyclic amines) is 2. The first kappa shape index (κ1) is 51.4. The van der Waals surface area contributed by atoms with Gasteiger partial charge in [0, 0.05) is 83.4 Å². The van der Waals surface area contributed by atoms with Crippen LogP contribution in [-0.2, 0) is 11.3 Å². The molecular weight excluding hydrogens is 968 g/mol. The summed E-state index contributed by atoms with van der Waals surface area (Å²) >= 11 is 14.9. The maximum Gasteiger partial charge on any atom is 0.332 e. The number of nitrogens with one attached hydrogen (secondary N) is 2. The van der Waals surface area contributed by atoms with Gasteiger partial charge in [0.05, 0.1) is 29.4 Å². The van der Waals surface area contributed by atoms with E-state index in [0.717, 1.165) is 128 Å². The minimum atomic E-state index is -0.613. The van der Waals surface area contributed by atoms with Crippen molar-refractivity contribution in [3.8, 4) is 22.6 Å². The van der Waals surface area contributed by atoms with E-state index in [2.05, 4.69) is 70.8 Å². The Morgan fingerprint density at radius 3 is 2.26 bits per heavy atom. The predicted octanol–water partition coefficient (Wildman–Crippen LogP) is 11.3. The fourth-order valence-corrected chi connectivity index (χ4v) is 12.8. The summed E-state index contributed by atoms with van der Waals surface area (Å²) in [7, 11) is 5.87. The summed E-state index contributed by atoms with van der Waals surface area (Å²) in [4.78, 5) is 70.8. The number of aryl methyl sites for hydroxylation is 1. The third-order valence-electron chi connectivity index (χ3n) is 15.3. The van der Waals surface area contributed by atoms with Gasteiger partial charge in [-0.25, -0.2) is 14.8 Å². The van der Waals surface area contributed by atoms with E-state index in [0.29, 0.717) is 52.9 Å². The normalized spacial score (nSPS) is 18.4. The smallest absolute Gasteiger partial charge is 0.332 e. The lowest BCUT2D eigenvalue weighted by Crippen LogP contribution is -2.42. The van der Waals surface area contributed by atoms with Gasteiger partial charge in [0.25, 0.3) is 11.5 Å². The Morgan fingerprint density at radius 2 is 1.58 bits per heavy atom. The summed E-state index contributed by atoms with van der Waals surface area (Å²) in [6.45, 7) is 7.95. The van der Waals surface area contributed by atoms with Crippen molar-refractivity contribution < 1.29 is 14.3 Å². The van der Waals surface area contributed by atoms with E-state index in [1.807, 2.05) is 24.0 Å². The van der Waals surface area contributed by atoms with E-state index in [1.165, 1.54) is 33.7 Å². The number of aromatic amines is 1. The zero-order valence-electron chi connectivity index (χ0n) is 42.0. The number of ether oxygens (including phenoxy) is 1. The van der Waals surface area contributed by atoms with Crippen molar-refractivity contribution in [1.82, 2.24) is 34.2 Å². The zero-order chi connectivity index (χ0) is 50.6. The van der Waals surface area contributed by atoms with Gasteiger partial charge in [0.1, 0.15) is 17.4 Å². The van der Waals surface area contributed by atoms with Gasteiger partial charge >= 0.3 is 5.69 Å². The van der Waals surface area contributed by atoms with Crippen molar-refractivity contribution in [2.45, 2.75) is 103 Å². The van der Waals surface area contributed by atoms with Crippen molar-refractivity contribution in [2.24, 2.45) is 17.8 Å². The number of piperidine rings is 2. The number of nitrogens with zero attached hydrogens (tertiary/aromatic N) is 6. The number of H-pyrrole nitrogens is 1. The van der Waals surface area contributed by atoms with E-state index in [4.69, 9.17) is 37.9 Å². The van der Waals surface area contributed by atoms with Gasteiger partial charge in [-0.15, -0.1) is 11.3 Å². The molecule has 2 N–H and O–H groups in total. The van der Waals surface area contributed by atoms with Crippen molar-refractivity contribution in [2.75, 3.05) is 52.7 Å². The maximum absolute atomic E-state index is 14.0. The first-order chi connectivity index (χ1) is 34.7. The van der Waals surface area contributed by atoms with E-state index < -0.39 is 11.2 Å². The number of carbonyl (C=O) groups excluding carboxylic acids is 2. The number of thiophene rings is 1. The third kappa shape index (κ3) is 11.6. The summed E-state index contributed by atoms with van der Waals surface area (Å²) < 4.78 is 7.26. The summed E-state index contributed by atoms with van der Waals surface area (Å²) in [5.41, 5.74) is 5.09. The zero-order valence-corrected chi connectivity index (χ0v) is 44.3.